The zero-order valence-electron chi connectivity index (χ0n) is 14.1. The van der Waals surface area contributed by atoms with Crippen molar-refractivity contribution >= 4 is 5.91 Å². The summed E-state index contributed by atoms with van der Waals surface area (Å²) in [5.74, 6) is -0.0564. The topological polar surface area (TPSA) is 60.2 Å². The third-order valence-electron chi connectivity index (χ3n) is 5.03. The van der Waals surface area contributed by atoms with Gasteiger partial charge in [0, 0.05) is 20.2 Å². The quantitative estimate of drug-likeness (QED) is 0.800. The number of aromatic nitrogens is 3. The molecule has 1 aliphatic carbocycles. The average Bonchev–Trinajstić information content (AvgIpc) is 2.90. The number of amides is 1. The minimum Gasteiger partial charge on any atom is -0.376 e. The summed E-state index contributed by atoms with van der Waals surface area (Å²) in [6.07, 6.45) is 12.7. The number of rotatable bonds is 4. The summed E-state index contributed by atoms with van der Waals surface area (Å²) in [5, 5.41) is 8.34. The maximum atomic E-state index is 12.5. The van der Waals surface area contributed by atoms with E-state index < -0.39 is 0 Å². The van der Waals surface area contributed by atoms with E-state index in [0.29, 0.717) is 18.3 Å². The van der Waals surface area contributed by atoms with Crippen LogP contribution in [-0.2, 0) is 4.74 Å². The van der Waals surface area contributed by atoms with Crippen LogP contribution in [0.5, 0.6) is 0 Å². The van der Waals surface area contributed by atoms with E-state index in [1.54, 1.807) is 4.90 Å². The highest BCUT2D eigenvalue weighted by Crippen LogP contribution is 2.26. The second kappa shape index (κ2) is 7.90. The van der Waals surface area contributed by atoms with E-state index >= 15 is 0 Å². The molecule has 1 atom stereocenters. The number of hydrogen-bond acceptors (Lipinski definition) is 4. The maximum Gasteiger partial charge on any atom is 0.275 e. The van der Waals surface area contributed by atoms with Crippen LogP contribution in [0.2, 0.25) is 0 Å². The fraction of sp³-hybridized carbons (Fsp3) is 0.824. The molecular weight excluding hydrogens is 292 g/mol. The lowest BCUT2D eigenvalue weighted by molar-refractivity contribution is -0.000293. The van der Waals surface area contributed by atoms with E-state index in [1.165, 1.54) is 32.1 Å². The molecule has 0 N–H and O–H groups in total. The molecule has 0 spiro atoms. The van der Waals surface area contributed by atoms with Crippen molar-refractivity contribution in [3.63, 3.8) is 0 Å². The number of carbonyl (C=O) groups excluding carboxylic acids is 1. The van der Waals surface area contributed by atoms with Gasteiger partial charge in [-0.15, -0.1) is 5.10 Å². The highest BCUT2D eigenvalue weighted by Gasteiger charge is 2.23. The Kier molecular flexibility index (Phi) is 5.65. The van der Waals surface area contributed by atoms with Gasteiger partial charge in [0.25, 0.3) is 5.91 Å². The molecule has 1 amide bonds. The largest absolute Gasteiger partial charge is 0.376 e. The van der Waals surface area contributed by atoms with Crippen LogP contribution in [0.15, 0.2) is 6.20 Å². The number of nitrogens with zero attached hydrogens (tertiary/aromatic N) is 4. The third-order valence-corrected chi connectivity index (χ3v) is 5.03. The molecule has 3 rings (SSSR count). The molecule has 0 unspecified atom stereocenters. The van der Waals surface area contributed by atoms with E-state index in [4.69, 9.17) is 4.74 Å². The summed E-state index contributed by atoms with van der Waals surface area (Å²) < 4.78 is 7.62. The smallest absolute Gasteiger partial charge is 0.275 e. The average molecular weight is 320 g/mol. The molecule has 0 aromatic carbocycles. The van der Waals surface area contributed by atoms with Gasteiger partial charge >= 0.3 is 0 Å². The Balaban J connectivity index is 1.58. The van der Waals surface area contributed by atoms with Crippen LogP contribution < -0.4 is 0 Å². The predicted molar refractivity (Wildman–Crippen MR) is 87.3 cm³/mol. The second-order valence-corrected chi connectivity index (χ2v) is 6.90. The predicted octanol–water partition coefficient (Wildman–Crippen LogP) is 2.81. The molecule has 1 saturated carbocycles. The van der Waals surface area contributed by atoms with Crippen LogP contribution >= 0.6 is 0 Å². The molecule has 23 heavy (non-hydrogen) atoms. The second-order valence-electron chi connectivity index (χ2n) is 6.90. The zero-order chi connectivity index (χ0) is 16.1. The lowest BCUT2D eigenvalue weighted by Gasteiger charge is -2.26. The van der Waals surface area contributed by atoms with Crippen LogP contribution in [0.25, 0.3) is 0 Å². The van der Waals surface area contributed by atoms with Crippen LogP contribution in [0.4, 0.5) is 0 Å². The summed E-state index contributed by atoms with van der Waals surface area (Å²) in [7, 11) is 1.82. The Labute approximate surface area is 138 Å². The molecule has 1 aromatic heterocycles. The molecule has 2 fully saturated rings. The van der Waals surface area contributed by atoms with Gasteiger partial charge in [-0.05, 0) is 32.1 Å². The third kappa shape index (κ3) is 4.31. The summed E-state index contributed by atoms with van der Waals surface area (Å²) in [6, 6.07) is 0.401. The minimum absolute atomic E-state index is 0.0564. The van der Waals surface area contributed by atoms with Crippen LogP contribution in [0.1, 0.15) is 74.3 Å². The summed E-state index contributed by atoms with van der Waals surface area (Å²) >= 11 is 0. The van der Waals surface area contributed by atoms with Crippen LogP contribution in [-0.4, -0.2) is 52.1 Å². The first-order chi connectivity index (χ1) is 11.2. The molecule has 128 valence electrons. The van der Waals surface area contributed by atoms with E-state index in [2.05, 4.69) is 10.3 Å². The molecule has 1 aromatic rings. The number of hydrogen-bond donors (Lipinski definition) is 0. The van der Waals surface area contributed by atoms with Gasteiger partial charge in [0.2, 0.25) is 0 Å². The first-order valence-electron chi connectivity index (χ1n) is 9.03. The van der Waals surface area contributed by atoms with Crippen LogP contribution in [0, 0.1) is 0 Å². The Morgan fingerprint density at radius 2 is 1.96 bits per heavy atom. The summed E-state index contributed by atoms with van der Waals surface area (Å²) in [6.45, 7) is 1.44. The molecule has 2 heterocycles. The van der Waals surface area contributed by atoms with Crippen molar-refractivity contribution in [2.75, 3.05) is 20.2 Å². The minimum atomic E-state index is -0.0564. The molecule has 0 bridgehead atoms. The van der Waals surface area contributed by atoms with Gasteiger partial charge in [0.1, 0.15) is 0 Å². The standard InChI is InChI=1S/C17H28N4O2/c1-20(12-15-10-6-7-11-23-15)17(22)16-13-21(19-18-16)14-8-4-2-3-5-9-14/h13-15H,2-12H2,1H3/t15-/m1/s1. The normalized spacial score (nSPS) is 23.4. The lowest BCUT2D eigenvalue weighted by Crippen LogP contribution is -2.37. The summed E-state index contributed by atoms with van der Waals surface area (Å²) in [4.78, 5) is 14.3. The van der Waals surface area contributed by atoms with Gasteiger partial charge in [-0.25, -0.2) is 4.68 Å². The van der Waals surface area contributed by atoms with Gasteiger partial charge in [0.15, 0.2) is 5.69 Å². The Bertz CT molecular complexity index is 502. The van der Waals surface area contributed by atoms with Gasteiger partial charge in [-0.1, -0.05) is 30.9 Å². The maximum absolute atomic E-state index is 12.5. The van der Waals surface area contributed by atoms with Crippen molar-refractivity contribution in [1.29, 1.82) is 0 Å². The van der Waals surface area contributed by atoms with Crippen molar-refractivity contribution in [2.24, 2.45) is 0 Å². The van der Waals surface area contributed by atoms with E-state index in [0.717, 1.165) is 32.3 Å². The molecule has 1 aliphatic heterocycles. The SMILES string of the molecule is CN(C[C@H]1CCCCO1)C(=O)c1cn(C2CCCCCC2)nn1. The summed E-state index contributed by atoms with van der Waals surface area (Å²) in [5.41, 5.74) is 0.451. The van der Waals surface area contributed by atoms with Gasteiger partial charge in [0.05, 0.1) is 18.3 Å². The highest BCUT2D eigenvalue weighted by atomic mass is 16.5. The molecule has 6 nitrogen and oxygen atoms in total. The Morgan fingerprint density at radius 1 is 1.22 bits per heavy atom. The molecule has 2 aliphatic rings. The first-order valence-corrected chi connectivity index (χ1v) is 9.03. The van der Waals surface area contributed by atoms with E-state index in [1.807, 2.05) is 17.9 Å². The van der Waals surface area contributed by atoms with Gasteiger partial charge in [-0.3, -0.25) is 4.79 Å². The van der Waals surface area contributed by atoms with Crippen molar-refractivity contribution in [1.82, 2.24) is 19.9 Å². The molecule has 0 radical (unpaired) electrons. The molecular formula is C17H28N4O2. The van der Waals surface area contributed by atoms with Gasteiger partial charge < -0.3 is 9.64 Å². The van der Waals surface area contributed by atoms with Crippen molar-refractivity contribution in [2.45, 2.75) is 69.9 Å². The van der Waals surface area contributed by atoms with E-state index in [9.17, 15) is 4.79 Å². The fourth-order valence-electron chi connectivity index (χ4n) is 3.61. The van der Waals surface area contributed by atoms with Gasteiger partial charge in [-0.2, -0.15) is 0 Å². The number of ether oxygens (including phenoxy) is 1. The highest BCUT2D eigenvalue weighted by molar-refractivity contribution is 5.91. The van der Waals surface area contributed by atoms with Crippen molar-refractivity contribution < 1.29 is 9.53 Å². The van der Waals surface area contributed by atoms with E-state index in [-0.39, 0.29) is 12.0 Å². The molecule has 6 heteroatoms. The zero-order valence-corrected chi connectivity index (χ0v) is 14.1. The van der Waals surface area contributed by atoms with Crippen molar-refractivity contribution in [3.05, 3.63) is 11.9 Å². The Hall–Kier alpha value is -1.43. The first kappa shape index (κ1) is 16.4. The Morgan fingerprint density at radius 3 is 2.65 bits per heavy atom. The number of likely N-dealkylation sites (N-methyl/N-ethyl adjacent to an activating group) is 1. The van der Waals surface area contributed by atoms with Crippen molar-refractivity contribution in [3.8, 4) is 0 Å². The monoisotopic (exact) mass is 320 g/mol. The fourth-order valence-corrected chi connectivity index (χ4v) is 3.61. The lowest BCUT2D eigenvalue weighted by atomic mass is 10.1. The number of carbonyl (C=O) groups is 1. The molecule has 1 saturated heterocycles. The van der Waals surface area contributed by atoms with Crippen LogP contribution in [0.3, 0.4) is 0 Å².